The number of ether oxygens (including phenoxy) is 1. The molecular formula is C24H33N3O4S. The number of sulfonamides is 1. The van der Waals surface area contributed by atoms with Crippen molar-refractivity contribution < 1.29 is 17.9 Å². The number of benzene rings is 2. The molecule has 1 amide bonds. The number of nitrogens with zero attached hydrogens (tertiary/aromatic N) is 2. The van der Waals surface area contributed by atoms with E-state index in [2.05, 4.69) is 34.5 Å². The van der Waals surface area contributed by atoms with Gasteiger partial charge in [0.05, 0.1) is 19.1 Å². The molecule has 1 saturated heterocycles. The first kappa shape index (κ1) is 23.9. The summed E-state index contributed by atoms with van der Waals surface area (Å²) < 4.78 is 31.0. The molecule has 0 aromatic heterocycles. The maximum absolute atomic E-state index is 12.3. The predicted octanol–water partition coefficient (Wildman–Crippen LogP) is 3.55. The Bertz CT molecular complexity index is 987. The monoisotopic (exact) mass is 459 g/mol. The number of anilines is 2. The highest BCUT2D eigenvalue weighted by molar-refractivity contribution is 7.92. The van der Waals surface area contributed by atoms with Crippen molar-refractivity contribution in [2.45, 2.75) is 38.6 Å². The Labute approximate surface area is 191 Å². The van der Waals surface area contributed by atoms with Crippen molar-refractivity contribution in [2.24, 2.45) is 0 Å². The number of rotatable bonds is 10. The molecule has 7 nitrogen and oxygen atoms in total. The minimum absolute atomic E-state index is 0.0933. The fourth-order valence-electron chi connectivity index (χ4n) is 3.90. The first-order valence-electron chi connectivity index (χ1n) is 11.1. The second-order valence-electron chi connectivity index (χ2n) is 8.13. The van der Waals surface area contributed by atoms with E-state index >= 15 is 0 Å². The number of nitrogens with one attached hydrogen (secondary N) is 1. The molecular weight excluding hydrogens is 426 g/mol. The molecule has 1 aliphatic heterocycles. The van der Waals surface area contributed by atoms with E-state index in [0.29, 0.717) is 24.4 Å². The molecule has 3 rings (SSSR count). The summed E-state index contributed by atoms with van der Waals surface area (Å²) in [7, 11) is -1.93. The summed E-state index contributed by atoms with van der Waals surface area (Å²) in [6.07, 6.45) is 5.63. The van der Waals surface area contributed by atoms with Gasteiger partial charge in [-0.25, -0.2) is 8.42 Å². The molecule has 8 heteroatoms. The van der Waals surface area contributed by atoms with Gasteiger partial charge in [-0.2, -0.15) is 0 Å². The predicted molar refractivity (Wildman–Crippen MR) is 129 cm³/mol. The minimum Gasteiger partial charge on any atom is -0.497 e. The number of methoxy groups -OCH3 is 1. The molecule has 1 fully saturated rings. The van der Waals surface area contributed by atoms with Crippen LogP contribution in [0.5, 0.6) is 5.75 Å². The summed E-state index contributed by atoms with van der Waals surface area (Å²) in [5.41, 5.74) is 2.81. The highest BCUT2D eigenvalue weighted by atomic mass is 32.2. The summed E-state index contributed by atoms with van der Waals surface area (Å²) in [5.74, 6) is 0.490. The van der Waals surface area contributed by atoms with Crippen LogP contribution < -0.4 is 19.3 Å². The lowest BCUT2D eigenvalue weighted by Gasteiger charge is -2.28. The third-order valence-corrected chi connectivity index (χ3v) is 6.85. The normalized spacial score (nSPS) is 14.1. The molecule has 0 spiro atoms. The van der Waals surface area contributed by atoms with Crippen molar-refractivity contribution in [3.8, 4) is 5.75 Å². The lowest BCUT2D eigenvalue weighted by atomic mass is 10.1. The zero-order valence-corrected chi connectivity index (χ0v) is 19.7. The Kier molecular flexibility index (Phi) is 8.39. The van der Waals surface area contributed by atoms with Gasteiger partial charge in [-0.15, -0.1) is 0 Å². The standard InChI is InChI=1S/C24H33N3O4S/c1-31-23-9-6-8-22(18-23)27(32(2,29)30)17-7-10-24(28)25-19-20-11-13-21(14-12-20)26-15-4-3-5-16-26/h6,8-9,11-14,18H,3-5,7,10,15-17,19H2,1-2H3,(H,25,28). The minimum atomic E-state index is -3.47. The molecule has 0 aliphatic carbocycles. The smallest absolute Gasteiger partial charge is 0.232 e. The average molecular weight is 460 g/mol. The summed E-state index contributed by atoms with van der Waals surface area (Å²) in [6, 6.07) is 15.2. The van der Waals surface area contributed by atoms with Crippen LogP contribution >= 0.6 is 0 Å². The third kappa shape index (κ3) is 6.88. The lowest BCUT2D eigenvalue weighted by Crippen LogP contribution is -2.32. The van der Waals surface area contributed by atoms with E-state index in [-0.39, 0.29) is 18.9 Å². The van der Waals surface area contributed by atoms with Gasteiger partial charge >= 0.3 is 0 Å². The van der Waals surface area contributed by atoms with Crippen LogP contribution in [0.15, 0.2) is 48.5 Å². The maximum Gasteiger partial charge on any atom is 0.232 e. The lowest BCUT2D eigenvalue weighted by molar-refractivity contribution is -0.121. The van der Waals surface area contributed by atoms with Crippen LogP contribution in [0.25, 0.3) is 0 Å². The van der Waals surface area contributed by atoms with Gasteiger partial charge in [0, 0.05) is 44.4 Å². The zero-order valence-electron chi connectivity index (χ0n) is 18.9. The number of carbonyl (C=O) groups is 1. The summed E-state index contributed by atoms with van der Waals surface area (Å²) in [5, 5.41) is 2.93. The van der Waals surface area contributed by atoms with Crippen LogP contribution in [-0.2, 0) is 21.4 Å². The van der Waals surface area contributed by atoms with E-state index < -0.39 is 10.0 Å². The largest absolute Gasteiger partial charge is 0.497 e. The zero-order chi connectivity index (χ0) is 23.0. The number of hydrogen-bond donors (Lipinski definition) is 1. The van der Waals surface area contributed by atoms with E-state index in [1.807, 2.05) is 0 Å². The molecule has 0 unspecified atom stereocenters. The van der Waals surface area contributed by atoms with Crippen molar-refractivity contribution in [3.05, 3.63) is 54.1 Å². The van der Waals surface area contributed by atoms with Gasteiger partial charge < -0.3 is 15.0 Å². The van der Waals surface area contributed by atoms with Crippen molar-refractivity contribution in [1.29, 1.82) is 0 Å². The summed E-state index contributed by atoms with van der Waals surface area (Å²) in [6.45, 7) is 2.90. The van der Waals surface area contributed by atoms with Crippen molar-refractivity contribution in [1.82, 2.24) is 5.32 Å². The van der Waals surface area contributed by atoms with Crippen molar-refractivity contribution in [2.75, 3.05) is 42.2 Å². The molecule has 0 radical (unpaired) electrons. The molecule has 0 saturated carbocycles. The van der Waals surface area contributed by atoms with Gasteiger partial charge in [-0.1, -0.05) is 18.2 Å². The Morgan fingerprint density at radius 2 is 1.81 bits per heavy atom. The number of piperidine rings is 1. The number of carbonyl (C=O) groups excluding carboxylic acids is 1. The Morgan fingerprint density at radius 3 is 2.47 bits per heavy atom. The van der Waals surface area contributed by atoms with Crippen LogP contribution in [0.3, 0.4) is 0 Å². The van der Waals surface area contributed by atoms with Crippen LogP contribution in [0, 0.1) is 0 Å². The van der Waals surface area contributed by atoms with Gasteiger partial charge in [0.25, 0.3) is 0 Å². The maximum atomic E-state index is 12.3. The van der Waals surface area contributed by atoms with Gasteiger partial charge in [0.2, 0.25) is 15.9 Å². The Morgan fingerprint density at radius 1 is 1.09 bits per heavy atom. The number of amides is 1. The van der Waals surface area contributed by atoms with Gasteiger partial charge in [0.1, 0.15) is 5.75 Å². The molecule has 1 N–H and O–H groups in total. The summed E-state index contributed by atoms with van der Waals surface area (Å²) >= 11 is 0. The molecule has 32 heavy (non-hydrogen) atoms. The van der Waals surface area contributed by atoms with Crippen LogP contribution in [0.1, 0.15) is 37.7 Å². The molecule has 174 valence electrons. The summed E-state index contributed by atoms with van der Waals surface area (Å²) in [4.78, 5) is 14.7. The van der Waals surface area contributed by atoms with E-state index in [1.165, 1.54) is 42.6 Å². The second kappa shape index (κ2) is 11.2. The average Bonchev–Trinajstić information content (AvgIpc) is 2.80. The Hall–Kier alpha value is -2.74. The first-order chi connectivity index (χ1) is 15.4. The van der Waals surface area contributed by atoms with Gasteiger partial charge in [-0.05, 0) is 55.5 Å². The van der Waals surface area contributed by atoms with Gasteiger partial charge in [0.15, 0.2) is 0 Å². The van der Waals surface area contributed by atoms with E-state index in [4.69, 9.17) is 4.74 Å². The first-order valence-corrected chi connectivity index (χ1v) is 12.9. The van der Waals surface area contributed by atoms with E-state index in [9.17, 15) is 13.2 Å². The molecule has 1 heterocycles. The molecule has 2 aromatic carbocycles. The van der Waals surface area contributed by atoms with E-state index in [1.54, 1.807) is 24.3 Å². The molecule has 1 aliphatic rings. The molecule has 0 atom stereocenters. The third-order valence-electron chi connectivity index (χ3n) is 5.65. The van der Waals surface area contributed by atoms with Crippen molar-refractivity contribution >= 4 is 27.3 Å². The number of hydrogen-bond acceptors (Lipinski definition) is 5. The van der Waals surface area contributed by atoms with Crippen LogP contribution in [0.4, 0.5) is 11.4 Å². The van der Waals surface area contributed by atoms with Crippen molar-refractivity contribution in [3.63, 3.8) is 0 Å². The highest BCUT2D eigenvalue weighted by Gasteiger charge is 2.18. The fraction of sp³-hybridized carbons (Fsp3) is 0.458. The van der Waals surface area contributed by atoms with Gasteiger partial charge in [-0.3, -0.25) is 9.10 Å². The molecule has 0 bridgehead atoms. The van der Waals surface area contributed by atoms with Crippen LogP contribution in [-0.4, -0.2) is 47.3 Å². The quantitative estimate of drug-likeness (QED) is 0.588. The SMILES string of the molecule is COc1cccc(N(CCCC(=O)NCc2ccc(N3CCCCC3)cc2)S(C)(=O)=O)c1. The van der Waals surface area contributed by atoms with E-state index in [0.717, 1.165) is 18.7 Å². The fourth-order valence-corrected chi connectivity index (χ4v) is 4.86. The Balaban J connectivity index is 1.47. The second-order valence-corrected chi connectivity index (χ2v) is 10.0. The highest BCUT2D eigenvalue weighted by Crippen LogP contribution is 2.23. The molecule has 2 aromatic rings. The van der Waals surface area contributed by atoms with Crippen LogP contribution in [0.2, 0.25) is 0 Å². The topological polar surface area (TPSA) is 79.0 Å².